The molecule has 0 bridgehead atoms. The molecule has 1 heterocycles. The zero-order valence-electron chi connectivity index (χ0n) is 21.0. The molecule has 0 spiro atoms. The van der Waals surface area contributed by atoms with Gasteiger partial charge in [-0.25, -0.2) is 0 Å². The zero-order valence-corrected chi connectivity index (χ0v) is 21.0. The standard InChI is InChI=1S/C29H33NO5/c1-19-13-20(2)15-24(14-19)34-18-26-25-17-28(33-5)27(32-4)16-22(25)11-12-30(26)29(31)21(3)35-23-9-7-6-8-10-23/h6-10,13-17,21,26H,11-12,18H2,1-5H3/t21-,26-/m1/s1. The first-order valence-electron chi connectivity index (χ1n) is 11.9. The number of methoxy groups -OCH3 is 2. The minimum Gasteiger partial charge on any atom is -0.493 e. The van der Waals surface area contributed by atoms with E-state index in [0.717, 1.165) is 28.0 Å². The van der Waals surface area contributed by atoms with Crippen LogP contribution in [0, 0.1) is 13.8 Å². The maximum absolute atomic E-state index is 13.6. The smallest absolute Gasteiger partial charge is 0.263 e. The van der Waals surface area contributed by atoms with Crippen LogP contribution < -0.4 is 18.9 Å². The zero-order chi connectivity index (χ0) is 24.9. The molecule has 184 valence electrons. The highest BCUT2D eigenvalue weighted by Crippen LogP contribution is 2.39. The number of fused-ring (bicyclic) bond motifs is 1. The molecule has 0 saturated carbocycles. The van der Waals surface area contributed by atoms with E-state index in [9.17, 15) is 4.79 Å². The summed E-state index contributed by atoms with van der Waals surface area (Å²) in [6.45, 7) is 6.76. The summed E-state index contributed by atoms with van der Waals surface area (Å²) in [5, 5.41) is 0. The number of carbonyl (C=O) groups excluding carboxylic acids is 1. The van der Waals surface area contributed by atoms with Crippen LogP contribution in [0.2, 0.25) is 0 Å². The van der Waals surface area contributed by atoms with Crippen molar-refractivity contribution in [2.24, 2.45) is 0 Å². The van der Waals surface area contributed by atoms with Gasteiger partial charge in [0.15, 0.2) is 17.6 Å². The molecule has 3 aromatic rings. The first kappa shape index (κ1) is 24.5. The van der Waals surface area contributed by atoms with Gasteiger partial charge in [0.05, 0.1) is 20.3 Å². The van der Waals surface area contributed by atoms with E-state index in [-0.39, 0.29) is 11.9 Å². The van der Waals surface area contributed by atoms with Crippen LogP contribution in [0.4, 0.5) is 0 Å². The van der Waals surface area contributed by atoms with Crippen molar-refractivity contribution in [3.63, 3.8) is 0 Å². The van der Waals surface area contributed by atoms with E-state index in [2.05, 4.69) is 6.07 Å². The number of benzene rings is 3. The number of aryl methyl sites for hydroxylation is 2. The summed E-state index contributed by atoms with van der Waals surface area (Å²) in [7, 11) is 3.25. The van der Waals surface area contributed by atoms with E-state index in [1.807, 2.05) is 73.3 Å². The highest BCUT2D eigenvalue weighted by atomic mass is 16.5. The minimum absolute atomic E-state index is 0.0803. The Labute approximate surface area is 207 Å². The summed E-state index contributed by atoms with van der Waals surface area (Å²) in [5.74, 6) is 2.69. The molecule has 0 fully saturated rings. The van der Waals surface area contributed by atoms with Gasteiger partial charge in [0, 0.05) is 6.54 Å². The monoisotopic (exact) mass is 475 g/mol. The van der Waals surface area contributed by atoms with Crippen LogP contribution in [-0.4, -0.2) is 44.3 Å². The molecular weight excluding hydrogens is 442 g/mol. The Kier molecular flexibility index (Phi) is 7.49. The molecule has 0 radical (unpaired) electrons. The molecule has 2 atom stereocenters. The second-order valence-corrected chi connectivity index (χ2v) is 8.91. The van der Waals surface area contributed by atoms with Crippen molar-refractivity contribution in [1.82, 2.24) is 4.90 Å². The molecule has 1 aliphatic rings. The van der Waals surface area contributed by atoms with E-state index in [1.54, 1.807) is 21.1 Å². The lowest BCUT2D eigenvalue weighted by molar-refractivity contribution is -0.141. The van der Waals surface area contributed by atoms with Gasteiger partial charge in [-0.2, -0.15) is 0 Å². The van der Waals surface area contributed by atoms with Gasteiger partial charge < -0.3 is 23.8 Å². The van der Waals surface area contributed by atoms with Crippen molar-refractivity contribution in [2.75, 3.05) is 27.4 Å². The quantitative estimate of drug-likeness (QED) is 0.443. The molecule has 0 N–H and O–H groups in total. The van der Waals surface area contributed by atoms with Crippen LogP contribution in [0.1, 0.15) is 35.2 Å². The van der Waals surface area contributed by atoms with Crippen LogP contribution in [-0.2, 0) is 11.2 Å². The highest BCUT2D eigenvalue weighted by molar-refractivity contribution is 5.82. The van der Waals surface area contributed by atoms with E-state index in [0.29, 0.717) is 36.8 Å². The average Bonchev–Trinajstić information content (AvgIpc) is 2.85. The summed E-state index contributed by atoms with van der Waals surface area (Å²) in [6.07, 6.45) is 0.0716. The third kappa shape index (κ3) is 5.53. The number of para-hydroxylation sites is 1. The maximum Gasteiger partial charge on any atom is 0.263 e. The Hall–Kier alpha value is -3.67. The lowest BCUT2D eigenvalue weighted by Gasteiger charge is -2.38. The Morgan fingerprint density at radius 1 is 0.943 bits per heavy atom. The number of hydrogen-bond donors (Lipinski definition) is 0. The minimum atomic E-state index is -0.636. The van der Waals surface area contributed by atoms with Crippen molar-refractivity contribution >= 4 is 5.91 Å². The third-order valence-electron chi connectivity index (χ3n) is 6.29. The van der Waals surface area contributed by atoms with E-state index >= 15 is 0 Å². The molecule has 0 saturated heterocycles. The third-order valence-corrected chi connectivity index (χ3v) is 6.29. The molecule has 4 rings (SSSR count). The van der Waals surface area contributed by atoms with Gasteiger partial charge in [-0.15, -0.1) is 0 Å². The van der Waals surface area contributed by atoms with Gasteiger partial charge in [0.1, 0.15) is 18.1 Å². The average molecular weight is 476 g/mol. The summed E-state index contributed by atoms with van der Waals surface area (Å²) in [6, 6.07) is 19.2. The number of ether oxygens (including phenoxy) is 4. The van der Waals surface area contributed by atoms with Crippen molar-refractivity contribution < 1.29 is 23.7 Å². The predicted octanol–water partition coefficient (Wildman–Crippen LogP) is 5.29. The molecule has 6 heteroatoms. The normalized spacial score (nSPS) is 15.7. The molecule has 35 heavy (non-hydrogen) atoms. The van der Waals surface area contributed by atoms with Gasteiger partial charge in [-0.05, 0) is 85.8 Å². The number of carbonyl (C=O) groups is 1. The second-order valence-electron chi connectivity index (χ2n) is 8.91. The number of nitrogens with zero attached hydrogens (tertiary/aromatic N) is 1. The lowest BCUT2D eigenvalue weighted by Crippen LogP contribution is -2.47. The summed E-state index contributed by atoms with van der Waals surface area (Å²) in [4.78, 5) is 15.5. The maximum atomic E-state index is 13.6. The van der Waals surface area contributed by atoms with Crippen molar-refractivity contribution in [3.8, 4) is 23.0 Å². The van der Waals surface area contributed by atoms with Crippen LogP contribution in [0.3, 0.4) is 0 Å². The predicted molar refractivity (Wildman–Crippen MR) is 136 cm³/mol. The molecule has 0 unspecified atom stereocenters. The fraction of sp³-hybridized carbons (Fsp3) is 0.345. The van der Waals surface area contributed by atoms with Gasteiger partial charge in [-0.3, -0.25) is 4.79 Å². The van der Waals surface area contributed by atoms with Crippen LogP contribution in [0.25, 0.3) is 0 Å². The molecule has 6 nitrogen and oxygen atoms in total. The van der Waals surface area contributed by atoms with Gasteiger partial charge in [-0.1, -0.05) is 24.3 Å². The number of amides is 1. The highest BCUT2D eigenvalue weighted by Gasteiger charge is 2.35. The summed E-state index contributed by atoms with van der Waals surface area (Å²) < 4.78 is 23.3. The Bertz CT molecular complexity index is 1160. The number of hydrogen-bond acceptors (Lipinski definition) is 5. The van der Waals surface area contributed by atoms with Crippen molar-refractivity contribution in [1.29, 1.82) is 0 Å². The largest absolute Gasteiger partial charge is 0.493 e. The fourth-order valence-electron chi connectivity index (χ4n) is 4.65. The SMILES string of the molecule is COc1cc2c(cc1OC)[C@@H](COc1cc(C)cc(C)c1)N(C(=O)[C@@H](C)Oc1ccccc1)CC2. The topological polar surface area (TPSA) is 57.2 Å². The number of rotatable bonds is 8. The van der Waals surface area contributed by atoms with Gasteiger partial charge in [0.25, 0.3) is 5.91 Å². The van der Waals surface area contributed by atoms with Gasteiger partial charge in [0.2, 0.25) is 0 Å². The lowest BCUT2D eigenvalue weighted by atomic mass is 9.91. The van der Waals surface area contributed by atoms with Gasteiger partial charge >= 0.3 is 0 Å². The molecule has 1 amide bonds. The molecule has 0 aromatic heterocycles. The Balaban J connectivity index is 1.64. The Morgan fingerprint density at radius 3 is 2.26 bits per heavy atom. The van der Waals surface area contributed by atoms with Crippen LogP contribution >= 0.6 is 0 Å². The summed E-state index contributed by atoms with van der Waals surface area (Å²) >= 11 is 0. The van der Waals surface area contributed by atoms with E-state index < -0.39 is 6.10 Å². The molecule has 1 aliphatic heterocycles. The molecular formula is C29H33NO5. The van der Waals surface area contributed by atoms with Crippen LogP contribution in [0.5, 0.6) is 23.0 Å². The van der Waals surface area contributed by atoms with Crippen molar-refractivity contribution in [3.05, 3.63) is 82.9 Å². The first-order chi connectivity index (χ1) is 16.9. The first-order valence-corrected chi connectivity index (χ1v) is 11.9. The molecule has 3 aromatic carbocycles. The second kappa shape index (κ2) is 10.7. The Morgan fingerprint density at radius 2 is 1.60 bits per heavy atom. The fourth-order valence-corrected chi connectivity index (χ4v) is 4.65. The van der Waals surface area contributed by atoms with Crippen LogP contribution in [0.15, 0.2) is 60.7 Å². The van der Waals surface area contributed by atoms with Crippen molar-refractivity contribution in [2.45, 2.75) is 39.3 Å². The van der Waals surface area contributed by atoms with E-state index in [4.69, 9.17) is 18.9 Å². The van der Waals surface area contributed by atoms with E-state index in [1.165, 1.54) is 0 Å². The molecule has 0 aliphatic carbocycles. The summed E-state index contributed by atoms with van der Waals surface area (Å²) in [5.41, 5.74) is 4.39.